The molecule has 0 unspecified atom stereocenters. The number of rotatable bonds is 36. The Morgan fingerprint density at radius 2 is 0.735 bits per heavy atom. The minimum atomic E-state index is -1.25. The first kappa shape index (κ1) is 100. The van der Waals surface area contributed by atoms with Crippen LogP contribution in [-0.4, -0.2) is 248 Å². The van der Waals surface area contributed by atoms with Crippen LogP contribution >= 0.6 is 0 Å². The minimum Gasteiger partial charge on any atom is -0.480 e. The summed E-state index contributed by atoms with van der Waals surface area (Å²) in [6.07, 6.45) is 2.38. The number of carboxylic acids is 1. The lowest BCUT2D eigenvalue weighted by atomic mass is 9.99. The molecule has 0 spiro atoms. The highest BCUT2D eigenvalue weighted by atomic mass is 16.6. The molecule has 0 saturated carbocycles. The number of carbonyl (C=O) groups is 10. The van der Waals surface area contributed by atoms with E-state index >= 15 is 0 Å². The third-order valence-electron chi connectivity index (χ3n) is 17.9. The summed E-state index contributed by atoms with van der Waals surface area (Å²) in [5.41, 5.74) is 13.8. The highest BCUT2D eigenvalue weighted by molar-refractivity contribution is 5.96. The van der Waals surface area contributed by atoms with Crippen LogP contribution in [0.4, 0.5) is 9.59 Å². The van der Waals surface area contributed by atoms with Crippen LogP contribution in [0.15, 0.2) is 121 Å². The molecule has 14 N–H and O–H groups in total. The van der Waals surface area contributed by atoms with Crippen molar-refractivity contribution < 1.29 is 90.9 Å². The van der Waals surface area contributed by atoms with Gasteiger partial charge in [0.05, 0.1) is 85.3 Å². The van der Waals surface area contributed by atoms with Crippen LogP contribution in [0, 0.1) is 11.8 Å². The van der Waals surface area contributed by atoms with Gasteiger partial charge in [-0.05, 0) is 140 Å². The van der Waals surface area contributed by atoms with Gasteiger partial charge in [-0.25, -0.2) is 14.4 Å². The van der Waals surface area contributed by atoms with Crippen LogP contribution < -0.4 is 59.3 Å². The van der Waals surface area contributed by atoms with Gasteiger partial charge in [-0.2, -0.15) is 0 Å². The van der Waals surface area contributed by atoms with Gasteiger partial charge in [0.25, 0.3) is 0 Å². The molecule has 31 nitrogen and oxygen atoms in total. The van der Waals surface area contributed by atoms with Crippen molar-refractivity contribution in [3.8, 4) is 0 Å². The number of ether oxygens (including phenoxy) is 8. The highest BCUT2D eigenvalue weighted by Gasteiger charge is 2.36. The first-order chi connectivity index (χ1) is 55.9. The van der Waals surface area contributed by atoms with Gasteiger partial charge in [0, 0.05) is 52.0 Å². The number of unbranched alkanes of at least 4 members (excludes halogenated alkanes) is 2. The second kappa shape index (κ2) is 57.0. The van der Waals surface area contributed by atoms with Crippen molar-refractivity contribution in [2.24, 2.45) is 23.3 Å². The molecule has 2 fully saturated rings. The summed E-state index contributed by atoms with van der Waals surface area (Å²) in [4.78, 5) is 135. The van der Waals surface area contributed by atoms with Gasteiger partial charge in [0.1, 0.15) is 53.5 Å². The van der Waals surface area contributed by atoms with Gasteiger partial charge >= 0.3 is 18.2 Å². The van der Waals surface area contributed by atoms with Crippen molar-refractivity contribution in [2.75, 3.05) is 119 Å². The van der Waals surface area contributed by atoms with E-state index < -0.39 is 113 Å². The number of nitrogens with one attached hydrogen (secondary N) is 9. The fraction of sp³-hybridized carbons (Fsp3) is 0.605. The second-order valence-electron chi connectivity index (χ2n) is 31.5. The lowest BCUT2D eigenvalue weighted by molar-refractivity contribution is -0.142. The number of nitrogens with zero attached hydrogens (tertiary/aromatic N) is 1. The molecule has 2 aliphatic rings. The molecule has 9 amide bonds. The quantitative estimate of drug-likeness (QED) is 0.0246. The molecule has 0 radical (unpaired) electrons. The first-order valence-corrected chi connectivity index (χ1v) is 41.0. The largest absolute Gasteiger partial charge is 0.480 e. The van der Waals surface area contributed by atoms with Gasteiger partial charge in [-0.15, -0.1) is 0 Å². The van der Waals surface area contributed by atoms with E-state index in [0.717, 1.165) is 48.6 Å². The maximum atomic E-state index is 14.0. The van der Waals surface area contributed by atoms with E-state index in [1.807, 2.05) is 125 Å². The molecular formula is C86H134N12O19. The summed E-state index contributed by atoms with van der Waals surface area (Å²) in [6.45, 7) is 27.6. The van der Waals surface area contributed by atoms with Crippen molar-refractivity contribution in [1.29, 1.82) is 0 Å². The molecule has 652 valence electrons. The molecule has 4 aromatic carbocycles. The molecular weight excluding hydrogens is 1510 g/mol. The molecule has 0 aliphatic carbocycles. The average Bonchev–Trinajstić information content (AvgIpc) is 0.854. The Hall–Kier alpha value is -9.18. The van der Waals surface area contributed by atoms with Crippen molar-refractivity contribution in [3.05, 3.63) is 144 Å². The smallest absolute Gasteiger partial charge is 0.408 e. The Morgan fingerprint density at radius 3 is 1.13 bits per heavy atom. The van der Waals surface area contributed by atoms with Gasteiger partial charge < -0.3 is 107 Å². The zero-order valence-electron chi connectivity index (χ0n) is 70.4. The van der Waals surface area contributed by atoms with Crippen LogP contribution in [0.25, 0.3) is 0 Å². The minimum absolute atomic E-state index is 0.0298. The standard InChI is InChI=1S/C40H59N5O9.C38H58N6O7.C8H17NO3/c1-26(2)23-30(33(46)42-29(36(49)50)21-15-16-22-41-37(51)53-39(3,4)5)43-34(47)31(24-27-17-11-9-12-18-27)44-35(48)32(25-28-19-13-10-14-20-28)45-38(52)54-40(6,7)8;1-28(2)25-33(36(46)41-32(15-9-10-16-39)38(48)44-17-19-49-21-23-51-24-22-50-20-18-44)43-37(47)34(27-30-13-7-4-8-14-30)42-35(45)31(40)26-29-11-5-3-6-12-29;1-3-10-5-7-12-8-6-11-4-2-9-1/h9-14,17-20,26,29-32H,15-16,21-25H2,1-8H3,(H,41,51)(H,42,46)(H,43,47)(H,44,48)(H,45,52)(H,49,50);3-8,11-14,28,31-34H,9-10,15-27,39-40H2,1-2H3,(H,41,46)(H,42,45)(H,43,47);9H,1-8H2/t29-,30-,31-,32-;31-,32-,33-,34-;/m11./s1. The maximum Gasteiger partial charge on any atom is 0.408 e. The summed E-state index contributed by atoms with van der Waals surface area (Å²) < 4.78 is 43.2. The molecule has 2 aliphatic heterocycles. The lowest BCUT2D eigenvalue weighted by Crippen LogP contribution is -2.59. The molecule has 6 rings (SSSR count). The topological polar surface area (TPSA) is 428 Å². The summed E-state index contributed by atoms with van der Waals surface area (Å²) in [7, 11) is 0. The van der Waals surface area contributed by atoms with E-state index in [-0.39, 0.29) is 56.4 Å². The average molecular weight is 1640 g/mol. The number of benzene rings is 4. The van der Waals surface area contributed by atoms with Gasteiger partial charge in [-0.3, -0.25) is 33.6 Å². The number of nitrogens with two attached hydrogens (primary N) is 2. The van der Waals surface area contributed by atoms with E-state index in [2.05, 4.69) is 47.9 Å². The van der Waals surface area contributed by atoms with E-state index in [1.165, 1.54) is 0 Å². The molecule has 8 atom stereocenters. The third kappa shape index (κ3) is 45.9. The summed E-state index contributed by atoms with van der Waals surface area (Å²) >= 11 is 0. The van der Waals surface area contributed by atoms with E-state index in [4.69, 9.17) is 49.4 Å². The molecule has 31 heteroatoms. The number of hydrogen-bond acceptors (Lipinski definition) is 21. The Balaban J connectivity index is 0.000000430. The van der Waals surface area contributed by atoms with Crippen LogP contribution in [0.2, 0.25) is 0 Å². The Labute approximate surface area is 691 Å². The van der Waals surface area contributed by atoms with Crippen LogP contribution in [0.5, 0.6) is 0 Å². The third-order valence-corrected chi connectivity index (χ3v) is 17.9. The Bertz CT molecular complexity index is 3450. The number of carboxylic acid groups (broad SMARTS) is 1. The zero-order chi connectivity index (χ0) is 85.8. The maximum absolute atomic E-state index is 14.0. The predicted octanol–water partition coefficient (Wildman–Crippen LogP) is 5.61. The SMILES string of the molecule is C1COCCOCCOCCN1.CC(C)C[C@@H](NC(=O)[C@@H](Cc1ccccc1)NC(=O)[C@@H](Cc1ccccc1)NC(=O)OC(C)(C)C)C(=O)N[C@H](CCCCNC(=O)OC(C)(C)C)C(=O)O.CC(C)C[C@@H](NC(=O)[C@@H](Cc1ccccc1)NC(=O)[C@H](N)Cc1ccccc1)C(=O)N[C@H](CCCCN)C(=O)N1CCOCCOCCOCC1. The fourth-order valence-electron chi connectivity index (χ4n) is 12.0. The van der Waals surface area contributed by atoms with Crippen molar-refractivity contribution in [3.63, 3.8) is 0 Å². The summed E-state index contributed by atoms with van der Waals surface area (Å²) in [5.74, 6) is -5.00. The number of amides is 9. The van der Waals surface area contributed by atoms with Crippen LogP contribution in [0.1, 0.15) is 143 Å². The molecule has 2 saturated heterocycles. The summed E-state index contributed by atoms with van der Waals surface area (Å²) in [6, 6.07) is 28.5. The number of carbonyl (C=O) groups excluding carboxylic acids is 9. The molecule has 0 aromatic heterocycles. The van der Waals surface area contributed by atoms with E-state index in [0.29, 0.717) is 131 Å². The van der Waals surface area contributed by atoms with Crippen LogP contribution in [-0.2, 0) is 102 Å². The van der Waals surface area contributed by atoms with Crippen molar-refractivity contribution in [1.82, 2.24) is 52.8 Å². The Morgan fingerprint density at radius 1 is 0.410 bits per heavy atom. The zero-order valence-corrected chi connectivity index (χ0v) is 70.4. The number of aliphatic carboxylic acids is 1. The highest BCUT2D eigenvalue weighted by Crippen LogP contribution is 2.17. The number of hydrogen-bond donors (Lipinski definition) is 12. The fourth-order valence-corrected chi connectivity index (χ4v) is 12.0. The normalized spacial score (nSPS) is 16.1. The van der Waals surface area contributed by atoms with Crippen molar-refractivity contribution >= 4 is 59.5 Å². The van der Waals surface area contributed by atoms with Gasteiger partial charge in [-0.1, -0.05) is 149 Å². The van der Waals surface area contributed by atoms with Crippen LogP contribution in [0.3, 0.4) is 0 Å². The Kier molecular flexibility index (Phi) is 48.8. The first-order valence-electron chi connectivity index (χ1n) is 41.0. The monoisotopic (exact) mass is 1640 g/mol. The summed E-state index contributed by atoms with van der Waals surface area (Å²) in [5, 5.41) is 35.1. The molecule has 0 bridgehead atoms. The molecule has 4 aromatic rings. The number of alkyl carbamates (subject to hydrolysis) is 2. The molecule has 117 heavy (non-hydrogen) atoms. The lowest BCUT2D eigenvalue weighted by Gasteiger charge is -2.30. The van der Waals surface area contributed by atoms with Gasteiger partial charge in [0.15, 0.2) is 0 Å². The van der Waals surface area contributed by atoms with Crippen molar-refractivity contribution in [2.45, 2.75) is 206 Å². The second-order valence-corrected chi connectivity index (χ2v) is 31.5. The van der Waals surface area contributed by atoms with E-state index in [9.17, 15) is 53.1 Å². The van der Waals surface area contributed by atoms with E-state index in [1.54, 1.807) is 70.7 Å². The molecule has 2 heterocycles. The van der Waals surface area contributed by atoms with Gasteiger partial charge in [0.2, 0.25) is 41.4 Å². The predicted molar refractivity (Wildman–Crippen MR) is 445 cm³/mol.